The van der Waals surface area contributed by atoms with Crippen molar-refractivity contribution in [2.45, 2.75) is 26.4 Å². The highest BCUT2D eigenvalue weighted by Crippen LogP contribution is 2.47. The van der Waals surface area contributed by atoms with E-state index < -0.39 is 0 Å². The third kappa shape index (κ3) is 4.64. The van der Waals surface area contributed by atoms with Gasteiger partial charge in [-0.3, -0.25) is 0 Å². The van der Waals surface area contributed by atoms with Gasteiger partial charge in [-0.05, 0) is 34.7 Å². The van der Waals surface area contributed by atoms with Crippen LogP contribution in [0.4, 0.5) is 0 Å². The minimum atomic E-state index is 0.519. The molecule has 0 fully saturated rings. The zero-order valence-electron chi connectivity index (χ0n) is 18.2. The number of aryl methyl sites for hydroxylation is 1. The maximum atomic E-state index is 6.51. The van der Waals surface area contributed by atoms with Crippen molar-refractivity contribution in [2.24, 2.45) is 0 Å². The highest BCUT2D eigenvalue weighted by atomic mass is 16.5. The molecule has 0 heterocycles. The van der Waals surface area contributed by atoms with Gasteiger partial charge in [0, 0.05) is 5.56 Å². The second-order valence-electron chi connectivity index (χ2n) is 7.58. The SMILES string of the molecule is CCCc1cc(-c2ccccc2)c(OC)c(-c2ccccc2)c1OCc1ccccc1. The van der Waals surface area contributed by atoms with Crippen molar-refractivity contribution in [3.8, 4) is 33.8 Å². The Balaban J connectivity index is 1.92. The van der Waals surface area contributed by atoms with Crippen molar-refractivity contribution < 1.29 is 9.47 Å². The lowest BCUT2D eigenvalue weighted by atomic mass is 9.91. The summed E-state index contributed by atoms with van der Waals surface area (Å²) in [6.45, 7) is 2.72. The van der Waals surface area contributed by atoms with Crippen LogP contribution in [-0.4, -0.2) is 7.11 Å². The molecule has 0 atom stereocenters. The van der Waals surface area contributed by atoms with E-state index in [1.807, 2.05) is 30.3 Å². The fourth-order valence-corrected chi connectivity index (χ4v) is 3.96. The number of rotatable bonds is 8. The van der Waals surface area contributed by atoms with E-state index in [9.17, 15) is 0 Å². The Morgan fingerprint density at radius 3 is 1.84 bits per heavy atom. The van der Waals surface area contributed by atoms with Gasteiger partial charge in [-0.15, -0.1) is 0 Å². The number of benzene rings is 4. The van der Waals surface area contributed by atoms with Gasteiger partial charge in [-0.25, -0.2) is 0 Å². The Hall–Kier alpha value is -3.52. The molecule has 0 aliphatic carbocycles. The van der Waals surface area contributed by atoms with Crippen LogP contribution in [0.2, 0.25) is 0 Å². The van der Waals surface area contributed by atoms with Crippen LogP contribution < -0.4 is 9.47 Å². The average molecular weight is 409 g/mol. The normalized spacial score (nSPS) is 10.6. The maximum Gasteiger partial charge on any atom is 0.138 e. The van der Waals surface area contributed by atoms with Gasteiger partial charge in [-0.2, -0.15) is 0 Å². The fourth-order valence-electron chi connectivity index (χ4n) is 3.96. The van der Waals surface area contributed by atoms with Crippen LogP contribution in [0.15, 0.2) is 97.1 Å². The van der Waals surface area contributed by atoms with E-state index in [1.165, 1.54) is 5.56 Å². The number of hydrogen-bond acceptors (Lipinski definition) is 2. The molecule has 0 aromatic heterocycles. The van der Waals surface area contributed by atoms with E-state index in [1.54, 1.807) is 7.11 Å². The van der Waals surface area contributed by atoms with Crippen LogP contribution in [-0.2, 0) is 13.0 Å². The summed E-state index contributed by atoms with van der Waals surface area (Å²) >= 11 is 0. The van der Waals surface area contributed by atoms with Crippen molar-refractivity contribution in [2.75, 3.05) is 7.11 Å². The van der Waals surface area contributed by atoms with E-state index in [2.05, 4.69) is 73.7 Å². The molecule has 4 rings (SSSR count). The summed E-state index contributed by atoms with van der Waals surface area (Å²) in [5.41, 5.74) is 6.70. The molecule has 0 unspecified atom stereocenters. The van der Waals surface area contributed by atoms with Crippen LogP contribution in [0.25, 0.3) is 22.3 Å². The molecule has 0 saturated heterocycles. The Kier molecular flexibility index (Phi) is 6.68. The Bertz CT molecular complexity index is 1100. The minimum absolute atomic E-state index is 0.519. The van der Waals surface area contributed by atoms with Crippen molar-refractivity contribution >= 4 is 0 Å². The molecule has 4 aromatic carbocycles. The zero-order valence-corrected chi connectivity index (χ0v) is 18.2. The second-order valence-corrected chi connectivity index (χ2v) is 7.58. The molecule has 4 aromatic rings. The first-order valence-electron chi connectivity index (χ1n) is 10.8. The molecular weight excluding hydrogens is 380 g/mol. The molecule has 0 bridgehead atoms. The molecular formula is C29H28O2. The van der Waals surface area contributed by atoms with Crippen molar-refractivity contribution in [3.63, 3.8) is 0 Å². The molecule has 0 saturated carbocycles. The van der Waals surface area contributed by atoms with Crippen LogP contribution in [0, 0.1) is 0 Å². The molecule has 0 aliphatic heterocycles. The van der Waals surface area contributed by atoms with E-state index in [0.717, 1.165) is 52.2 Å². The van der Waals surface area contributed by atoms with Crippen LogP contribution in [0.3, 0.4) is 0 Å². The van der Waals surface area contributed by atoms with E-state index in [0.29, 0.717) is 6.61 Å². The average Bonchev–Trinajstić information content (AvgIpc) is 2.84. The molecule has 0 spiro atoms. The molecule has 2 nitrogen and oxygen atoms in total. The summed E-state index contributed by atoms with van der Waals surface area (Å²) in [6, 6.07) is 33.4. The largest absolute Gasteiger partial charge is 0.495 e. The summed E-state index contributed by atoms with van der Waals surface area (Å²) in [7, 11) is 1.74. The van der Waals surface area contributed by atoms with Crippen molar-refractivity contribution in [3.05, 3.63) is 108 Å². The van der Waals surface area contributed by atoms with E-state index in [-0.39, 0.29) is 0 Å². The first kappa shape index (κ1) is 20.7. The van der Waals surface area contributed by atoms with Gasteiger partial charge in [0.2, 0.25) is 0 Å². The standard InChI is InChI=1S/C29H28O2/c1-3-13-25-20-26(23-16-9-5-10-17-23)29(30-2)27(24-18-11-6-12-19-24)28(25)31-21-22-14-7-4-8-15-22/h4-12,14-20H,3,13,21H2,1-2H3. The fraction of sp³-hybridized carbons (Fsp3) is 0.172. The quantitative estimate of drug-likeness (QED) is 0.299. The minimum Gasteiger partial charge on any atom is -0.495 e. The third-order valence-electron chi connectivity index (χ3n) is 5.41. The first-order valence-corrected chi connectivity index (χ1v) is 10.8. The highest BCUT2D eigenvalue weighted by molar-refractivity contribution is 5.88. The molecule has 31 heavy (non-hydrogen) atoms. The molecule has 156 valence electrons. The third-order valence-corrected chi connectivity index (χ3v) is 5.41. The lowest BCUT2D eigenvalue weighted by Gasteiger charge is -2.22. The Morgan fingerprint density at radius 1 is 0.677 bits per heavy atom. The summed E-state index contributed by atoms with van der Waals surface area (Å²) in [4.78, 5) is 0. The van der Waals surface area contributed by atoms with Crippen molar-refractivity contribution in [1.82, 2.24) is 0 Å². The van der Waals surface area contributed by atoms with Gasteiger partial charge < -0.3 is 9.47 Å². The lowest BCUT2D eigenvalue weighted by Crippen LogP contribution is -2.04. The van der Waals surface area contributed by atoms with E-state index >= 15 is 0 Å². The van der Waals surface area contributed by atoms with Gasteiger partial charge in [0.25, 0.3) is 0 Å². The van der Waals surface area contributed by atoms with Gasteiger partial charge in [0.05, 0.1) is 12.7 Å². The van der Waals surface area contributed by atoms with Gasteiger partial charge in [0.15, 0.2) is 0 Å². The topological polar surface area (TPSA) is 18.5 Å². The summed E-state index contributed by atoms with van der Waals surface area (Å²) in [6.07, 6.45) is 1.98. The molecule has 2 heteroatoms. The Labute approximate surface area is 185 Å². The van der Waals surface area contributed by atoms with Crippen LogP contribution in [0.1, 0.15) is 24.5 Å². The van der Waals surface area contributed by atoms with Gasteiger partial charge >= 0.3 is 0 Å². The molecule has 0 amide bonds. The lowest BCUT2D eigenvalue weighted by molar-refractivity contribution is 0.302. The van der Waals surface area contributed by atoms with Gasteiger partial charge in [-0.1, -0.05) is 104 Å². The van der Waals surface area contributed by atoms with Crippen LogP contribution in [0.5, 0.6) is 11.5 Å². The molecule has 0 N–H and O–H groups in total. The molecule has 0 radical (unpaired) electrons. The second kappa shape index (κ2) is 9.99. The van der Waals surface area contributed by atoms with Crippen molar-refractivity contribution in [1.29, 1.82) is 0 Å². The number of ether oxygens (including phenoxy) is 2. The van der Waals surface area contributed by atoms with Gasteiger partial charge in [0.1, 0.15) is 18.1 Å². The summed E-state index contributed by atoms with van der Waals surface area (Å²) in [5.74, 6) is 1.76. The smallest absolute Gasteiger partial charge is 0.138 e. The highest BCUT2D eigenvalue weighted by Gasteiger charge is 2.22. The zero-order chi connectivity index (χ0) is 21.5. The number of hydrogen-bond donors (Lipinski definition) is 0. The number of methoxy groups -OCH3 is 1. The molecule has 0 aliphatic rings. The Morgan fingerprint density at radius 2 is 1.26 bits per heavy atom. The monoisotopic (exact) mass is 408 g/mol. The predicted molar refractivity (Wildman–Crippen MR) is 129 cm³/mol. The first-order chi connectivity index (χ1) is 15.3. The predicted octanol–water partition coefficient (Wildman–Crippen LogP) is 7.56. The maximum absolute atomic E-state index is 6.51. The van der Waals surface area contributed by atoms with Crippen LogP contribution >= 0.6 is 0 Å². The summed E-state index contributed by atoms with van der Waals surface area (Å²) < 4.78 is 12.5. The van der Waals surface area contributed by atoms with E-state index in [4.69, 9.17) is 9.47 Å². The summed E-state index contributed by atoms with van der Waals surface area (Å²) in [5, 5.41) is 0.